The van der Waals surface area contributed by atoms with Gasteiger partial charge in [-0.2, -0.15) is 0 Å². The summed E-state index contributed by atoms with van der Waals surface area (Å²) in [5, 5.41) is 12.7. The van der Waals surface area contributed by atoms with Crippen molar-refractivity contribution in [1.82, 2.24) is 10.2 Å². The van der Waals surface area contributed by atoms with Gasteiger partial charge in [-0.25, -0.2) is 9.59 Å². The first kappa shape index (κ1) is 22.1. The molecule has 2 saturated carbocycles. The van der Waals surface area contributed by atoms with E-state index < -0.39 is 23.0 Å². The predicted molar refractivity (Wildman–Crippen MR) is 129 cm³/mol. The van der Waals surface area contributed by atoms with Crippen LogP contribution in [0.4, 0.5) is 4.79 Å². The van der Waals surface area contributed by atoms with Gasteiger partial charge >= 0.3 is 12.1 Å². The summed E-state index contributed by atoms with van der Waals surface area (Å²) in [6, 6.07) is 16.3. The minimum atomic E-state index is -1.13. The molecule has 1 heterocycles. The van der Waals surface area contributed by atoms with E-state index in [1.807, 2.05) is 24.3 Å². The minimum absolute atomic E-state index is 0.00177. The highest BCUT2D eigenvalue weighted by molar-refractivity contribution is 5.93. The number of likely N-dealkylation sites (tertiary alicyclic amines) is 1. The summed E-state index contributed by atoms with van der Waals surface area (Å²) >= 11 is 0. The van der Waals surface area contributed by atoms with E-state index in [-0.39, 0.29) is 30.4 Å². The predicted octanol–water partition coefficient (Wildman–Crippen LogP) is 4.16. The largest absolute Gasteiger partial charge is 0.480 e. The molecule has 4 aliphatic rings. The van der Waals surface area contributed by atoms with Crippen LogP contribution in [0.25, 0.3) is 11.1 Å². The van der Waals surface area contributed by atoms with Gasteiger partial charge in [-0.05, 0) is 67.2 Å². The van der Waals surface area contributed by atoms with Crippen molar-refractivity contribution in [2.24, 2.45) is 11.3 Å². The molecule has 1 saturated heterocycles. The summed E-state index contributed by atoms with van der Waals surface area (Å²) in [4.78, 5) is 39.6. The zero-order chi connectivity index (χ0) is 24.4. The van der Waals surface area contributed by atoms with Gasteiger partial charge in [0.2, 0.25) is 5.91 Å². The van der Waals surface area contributed by atoms with Crippen LogP contribution in [-0.2, 0) is 14.3 Å². The fourth-order valence-electron chi connectivity index (χ4n) is 6.85. The molecule has 2 aromatic carbocycles. The zero-order valence-electron chi connectivity index (χ0n) is 19.8. The molecule has 0 bridgehead atoms. The molecular formula is C28H30N2O5. The van der Waals surface area contributed by atoms with Crippen LogP contribution in [0.15, 0.2) is 48.5 Å². The summed E-state index contributed by atoms with van der Waals surface area (Å²) in [5.74, 6) is -0.792. The van der Waals surface area contributed by atoms with Crippen molar-refractivity contribution in [2.75, 3.05) is 13.2 Å². The molecule has 3 aliphatic carbocycles. The number of nitrogens with one attached hydrogen (secondary N) is 1. The van der Waals surface area contributed by atoms with Crippen molar-refractivity contribution < 1.29 is 24.2 Å². The number of carboxylic acid groups (broad SMARTS) is 1. The van der Waals surface area contributed by atoms with Gasteiger partial charge in [-0.15, -0.1) is 0 Å². The van der Waals surface area contributed by atoms with E-state index in [0.717, 1.165) is 12.8 Å². The van der Waals surface area contributed by atoms with Gasteiger partial charge in [0.15, 0.2) is 0 Å². The lowest BCUT2D eigenvalue weighted by molar-refractivity contribution is -0.157. The zero-order valence-corrected chi connectivity index (χ0v) is 19.8. The van der Waals surface area contributed by atoms with Crippen LogP contribution in [0.1, 0.15) is 56.1 Å². The second-order valence-electron chi connectivity index (χ2n) is 10.8. The van der Waals surface area contributed by atoms with E-state index in [1.54, 1.807) is 11.8 Å². The number of fused-ring (bicyclic) bond motifs is 4. The second-order valence-corrected chi connectivity index (χ2v) is 10.8. The van der Waals surface area contributed by atoms with E-state index in [4.69, 9.17) is 4.74 Å². The van der Waals surface area contributed by atoms with Crippen LogP contribution < -0.4 is 5.32 Å². The lowest BCUT2D eigenvalue weighted by Crippen LogP contribution is -2.53. The summed E-state index contributed by atoms with van der Waals surface area (Å²) < 4.78 is 5.69. The number of carbonyl (C=O) groups excluding carboxylic acids is 2. The number of benzene rings is 2. The highest BCUT2D eigenvalue weighted by atomic mass is 16.5. The van der Waals surface area contributed by atoms with E-state index in [0.29, 0.717) is 25.8 Å². The fourth-order valence-corrected chi connectivity index (χ4v) is 6.85. The summed E-state index contributed by atoms with van der Waals surface area (Å²) in [7, 11) is 0. The first-order valence-electron chi connectivity index (χ1n) is 12.5. The van der Waals surface area contributed by atoms with Gasteiger partial charge in [0.25, 0.3) is 0 Å². The molecule has 182 valence electrons. The number of ether oxygens (including phenoxy) is 1. The lowest BCUT2D eigenvalue weighted by Gasteiger charge is -2.34. The normalized spacial score (nSPS) is 30.4. The molecule has 1 aliphatic heterocycles. The first-order valence-corrected chi connectivity index (χ1v) is 12.5. The Labute approximate surface area is 204 Å². The quantitative estimate of drug-likeness (QED) is 0.679. The van der Waals surface area contributed by atoms with Gasteiger partial charge in [-0.1, -0.05) is 48.5 Å². The molecule has 7 heteroatoms. The fraction of sp³-hybridized carbons (Fsp3) is 0.464. The third kappa shape index (κ3) is 3.35. The average Bonchev–Trinajstić information content (AvgIpc) is 3.13. The maximum atomic E-state index is 13.4. The van der Waals surface area contributed by atoms with E-state index >= 15 is 0 Å². The van der Waals surface area contributed by atoms with Crippen molar-refractivity contribution in [1.29, 1.82) is 0 Å². The topological polar surface area (TPSA) is 95.9 Å². The Bertz CT molecular complexity index is 1180. The number of rotatable bonds is 5. The van der Waals surface area contributed by atoms with Gasteiger partial charge in [-0.3, -0.25) is 4.79 Å². The Kier molecular flexibility index (Phi) is 4.95. The van der Waals surface area contributed by atoms with Gasteiger partial charge in [0, 0.05) is 18.5 Å². The van der Waals surface area contributed by atoms with Crippen LogP contribution in [0, 0.1) is 11.3 Å². The third-order valence-electron chi connectivity index (χ3n) is 8.85. The average molecular weight is 475 g/mol. The van der Waals surface area contributed by atoms with Crippen LogP contribution in [-0.4, -0.2) is 52.7 Å². The molecule has 2 N–H and O–H groups in total. The maximum absolute atomic E-state index is 13.4. The number of nitrogens with zero attached hydrogens (tertiary/aromatic N) is 1. The molecule has 7 nitrogen and oxygen atoms in total. The van der Waals surface area contributed by atoms with Crippen LogP contribution >= 0.6 is 0 Å². The third-order valence-corrected chi connectivity index (χ3v) is 8.85. The van der Waals surface area contributed by atoms with Gasteiger partial charge in [0.1, 0.15) is 12.1 Å². The van der Waals surface area contributed by atoms with Crippen LogP contribution in [0.2, 0.25) is 0 Å². The number of alkyl carbamates (subject to hydrolysis) is 1. The van der Waals surface area contributed by atoms with Crippen molar-refractivity contribution >= 4 is 18.0 Å². The monoisotopic (exact) mass is 474 g/mol. The lowest BCUT2D eigenvalue weighted by atomic mass is 9.94. The molecule has 0 aromatic heterocycles. The maximum Gasteiger partial charge on any atom is 0.407 e. The first-order chi connectivity index (χ1) is 16.8. The highest BCUT2D eigenvalue weighted by Crippen LogP contribution is 2.65. The molecule has 2 amide bonds. The van der Waals surface area contributed by atoms with Gasteiger partial charge < -0.3 is 20.1 Å². The number of amides is 2. The summed E-state index contributed by atoms with van der Waals surface area (Å²) in [6.07, 6.45) is 2.78. The minimum Gasteiger partial charge on any atom is -0.480 e. The molecule has 3 fully saturated rings. The molecular weight excluding hydrogens is 444 g/mol. The molecule has 6 rings (SSSR count). The summed E-state index contributed by atoms with van der Waals surface area (Å²) in [6.45, 7) is 2.39. The SMILES string of the molecule is CC1(C(=O)O)CCCN1C(=O)C12CC(NC(=O)OCC3c4ccccc4-c4ccccc43)CC1C2. The van der Waals surface area contributed by atoms with E-state index in [9.17, 15) is 19.5 Å². The molecule has 0 radical (unpaired) electrons. The molecule has 2 aromatic rings. The van der Waals surface area contributed by atoms with Crippen LogP contribution in [0.5, 0.6) is 0 Å². The Hall–Kier alpha value is -3.35. The molecule has 0 spiro atoms. The van der Waals surface area contributed by atoms with E-state index in [2.05, 4.69) is 29.6 Å². The van der Waals surface area contributed by atoms with Crippen LogP contribution in [0.3, 0.4) is 0 Å². The van der Waals surface area contributed by atoms with E-state index in [1.165, 1.54) is 22.3 Å². The molecule has 4 unspecified atom stereocenters. The standard InChI is InChI=1S/C28H30N2O5/c1-27(25(32)33)11-6-12-30(27)24(31)28-14-17(28)13-18(15-28)29-26(34)35-16-23-21-9-4-2-7-19(21)20-8-3-5-10-22(20)23/h2-5,7-10,17-18,23H,6,11-16H2,1H3,(H,29,34)(H,32,33). The Morgan fingerprint density at radius 3 is 2.37 bits per heavy atom. The number of carboxylic acids is 1. The molecule has 4 atom stereocenters. The number of hydrogen-bond acceptors (Lipinski definition) is 4. The van der Waals surface area contributed by atoms with Gasteiger partial charge in [0.05, 0.1) is 5.41 Å². The Morgan fingerprint density at radius 1 is 1.06 bits per heavy atom. The van der Waals surface area contributed by atoms with Crippen molar-refractivity contribution in [3.8, 4) is 11.1 Å². The summed E-state index contributed by atoms with van der Waals surface area (Å²) in [5.41, 5.74) is 3.05. The Morgan fingerprint density at radius 2 is 1.71 bits per heavy atom. The second kappa shape index (κ2) is 7.83. The van der Waals surface area contributed by atoms with Crippen molar-refractivity contribution in [2.45, 2.75) is 56.5 Å². The Balaban J connectivity index is 1.08. The highest BCUT2D eigenvalue weighted by Gasteiger charge is 2.67. The smallest absolute Gasteiger partial charge is 0.407 e. The number of aliphatic carboxylic acids is 1. The number of carbonyl (C=O) groups is 3. The molecule has 35 heavy (non-hydrogen) atoms. The number of hydrogen-bond donors (Lipinski definition) is 2. The van der Waals surface area contributed by atoms with Crippen molar-refractivity contribution in [3.05, 3.63) is 59.7 Å². The van der Waals surface area contributed by atoms with Crippen molar-refractivity contribution in [3.63, 3.8) is 0 Å².